The number of hydrogen-bond donors (Lipinski definition) is 1. The van der Waals surface area contributed by atoms with Crippen molar-refractivity contribution in [2.24, 2.45) is 0 Å². The number of fused-ring (bicyclic) bond motifs is 1. The molecule has 1 aromatic heterocycles. The Hall–Kier alpha value is -2.63. The maximum atomic E-state index is 12.8. The summed E-state index contributed by atoms with van der Waals surface area (Å²) in [5.74, 6) is -0.293. The predicted octanol–water partition coefficient (Wildman–Crippen LogP) is 4.88. The molecule has 0 atom stereocenters. The highest BCUT2D eigenvalue weighted by atomic mass is 35.5. The van der Waals surface area contributed by atoms with E-state index in [0.29, 0.717) is 16.3 Å². The van der Waals surface area contributed by atoms with Crippen LogP contribution in [0.15, 0.2) is 54.7 Å². The van der Waals surface area contributed by atoms with E-state index in [1.165, 1.54) is 0 Å². The molecule has 1 aliphatic heterocycles. The zero-order valence-corrected chi connectivity index (χ0v) is 16.4. The molecule has 6 heteroatoms. The number of anilines is 2. The number of ether oxygens (including phenoxy) is 1. The summed E-state index contributed by atoms with van der Waals surface area (Å²) in [6, 6.07) is 14.9. The van der Waals surface area contributed by atoms with Crippen molar-refractivity contribution in [3.05, 3.63) is 65.3 Å². The number of carbonyl (C=O) groups excluding carboxylic acids is 1. The number of rotatable bonds is 4. The Bertz CT molecular complexity index is 1000. The molecule has 0 spiro atoms. The van der Waals surface area contributed by atoms with Crippen LogP contribution in [0.1, 0.15) is 23.2 Å². The molecule has 2 heterocycles. The molecule has 28 heavy (non-hydrogen) atoms. The number of nitrogens with one attached hydrogen (secondary N) is 1. The fourth-order valence-corrected chi connectivity index (χ4v) is 3.63. The lowest BCUT2D eigenvalue weighted by atomic mass is 10.1. The van der Waals surface area contributed by atoms with E-state index in [2.05, 4.69) is 22.2 Å². The van der Waals surface area contributed by atoms with E-state index in [1.54, 1.807) is 12.3 Å². The van der Waals surface area contributed by atoms with Crippen molar-refractivity contribution < 1.29 is 9.53 Å². The molecular formula is C22H22ClN3O2. The Morgan fingerprint density at radius 2 is 1.93 bits per heavy atom. The maximum absolute atomic E-state index is 12.8. The summed E-state index contributed by atoms with van der Waals surface area (Å²) >= 11 is 6.07. The third kappa shape index (κ3) is 4.11. The molecular weight excluding hydrogens is 374 g/mol. The lowest BCUT2D eigenvalue weighted by Crippen LogP contribution is -2.35. The van der Waals surface area contributed by atoms with Crippen LogP contribution in [0.4, 0.5) is 11.4 Å². The van der Waals surface area contributed by atoms with Crippen molar-refractivity contribution in [2.45, 2.75) is 18.9 Å². The minimum Gasteiger partial charge on any atom is -0.459 e. The lowest BCUT2D eigenvalue weighted by molar-refractivity contribution is 0.0140. The van der Waals surface area contributed by atoms with Gasteiger partial charge in [-0.2, -0.15) is 0 Å². The van der Waals surface area contributed by atoms with Crippen molar-refractivity contribution in [3.8, 4) is 0 Å². The minimum absolute atomic E-state index is 0.0272. The second-order valence-electron chi connectivity index (χ2n) is 7.10. The van der Waals surface area contributed by atoms with E-state index in [0.717, 1.165) is 42.5 Å². The van der Waals surface area contributed by atoms with Gasteiger partial charge in [-0.05, 0) is 56.3 Å². The van der Waals surface area contributed by atoms with E-state index >= 15 is 0 Å². The van der Waals surface area contributed by atoms with Crippen LogP contribution >= 0.6 is 11.6 Å². The standard InChI is InChI=1S/C22H22ClN3O2/c1-26-12-9-16(10-13-26)28-22(27)18-4-2-3-5-19(18)25-20-8-11-24-21-14-15(23)6-7-17(20)21/h2-8,11,14,16H,9-10,12-13H2,1H3,(H,24,25). The number of aromatic nitrogens is 1. The first-order valence-corrected chi connectivity index (χ1v) is 9.78. The zero-order chi connectivity index (χ0) is 19.5. The monoisotopic (exact) mass is 395 g/mol. The molecule has 0 amide bonds. The van der Waals surface area contributed by atoms with Gasteiger partial charge in [0.15, 0.2) is 0 Å². The van der Waals surface area contributed by atoms with Crippen molar-refractivity contribution in [1.82, 2.24) is 9.88 Å². The Morgan fingerprint density at radius 1 is 1.14 bits per heavy atom. The van der Waals surface area contributed by atoms with E-state index in [4.69, 9.17) is 16.3 Å². The Kier molecular flexibility index (Phi) is 5.46. The fourth-order valence-electron chi connectivity index (χ4n) is 3.46. The van der Waals surface area contributed by atoms with Gasteiger partial charge in [0.2, 0.25) is 0 Å². The minimum atomic E-state index is -0.293. The molecule has 4 rings (SSSR count). The van der Waals surface area contributed by atoms with Gasteiger partial charge in [-0.25, -0.2) is 4.79 Å². The number of esters is 1. The van der Waals surface area contributed by atoms with Gasteiger partial charge < -0.3 is 15.0 Å². The third-order valence-corrected chi connectivity index (χ3v) is 5.30. The van der Waals surface area contributed by atoms with Crippen molar-refractivity contribution in [1.29, 1.82) is 0 Å². The summed E-state index contributed by atoms with van der Waals surface area (Å²) < 4.78 is 5.77. The molecule has 0 unspecified atom stereocenters. The van der Waals surface area contributed by atoms with Crippen LogP contribution in [-0.4, -0.2) is 42.1 Å². The second kappa shape index (κ2) is 8.17. The van der Waals surface area contributed by atoms with Gasteiger partial charge in [0.1, 0.15) is 6.10 Å². The van der Waals surface area contributed by atoms with E-state index in [1.807, 2.05) is 42.5 Å². The number of hydrogen-bond acceptors (Lipinski definition) is 5. The molecule has 3 aromatic rings. The number of nitrogens with zero attached hydrogens (tertiary/aromatic N) is 2. The molecule has 0 radical (unpaired) electrons. The van der Waals surface area contributed by atoms with Crippen molar-refractivity contribution in [3.63, 3.8) is 0 Å². The maximum Gasteiger partial charge on any atom is 0.340 e. The SMILES string of the molecule is CN1CCC(OC(=O)c2ccccc2Nc2ccnc3cc(Cl)ccc23)CC1. The van der Waals surface area contributed by atoms with Crippen LogP contribution in [0.3, 0.4) is 0 Å². The average molecular weight is 396 g/mol. The van der Waals surface area contributed by atoms with Gasteiger partial charge in [0, 0.05) is 35.4 Å². The Morgan fingerprint density at radius 3 is 2.75 bits per heavy atom. The predicted molar refractivity (Wildman–Crippen MR) is 112 cm³/mol. The highest BCUT2D eigenvalue weighted by molar-refractivity contribution is 6.31. The highest BCUT2D eigenvalue weighted by Crippen LogP contribution is 2.29. The van der Waals surface area contributed by atoms with Gasteiger partial charge >= 0.3 is 5.97 Å². The topological polar surface area (TPSA) is 54.5 Å². The van der Waals surface area contributed by atoms with Crippen LogP contribution in [-0.2, 0) is 4.74 Å². The zero-order valence-electron chi connectivity index (χ0n) is 15.7. The molecule has 144 valence electrons. The number of carbonyl (C=O) groups is 1. The number of pyridine rings is 1. The first kappa shape index (κ1) is 18.7. The summed E-state index contributed by atoms with van der Waals surface area (Å²) in [6.45, 7) is 1.90. The van der Waals surface area contributed by atoms with Gasteiger partial charge in [-0.1, -0.05) is 23.7 Å². The normalized spacial score (nSPS) is 15.5. The number of likely N-dealkylation sites (tertiary alicyclic amines) is 1. The lowest BCUT2D eigenvalue weighted by Gasteiger charge is -2.28. The molecule has 1 aliphatic rings. The largest absolute Gasteiger partial charge is 0.459 e. The number of halogens is 1. The van der Waals surface area contributed by atoms with Gasteiger partial charge in [-0.3, -0.25) is 4.98 Å². The smallest absolute Gasteiger partial charge is 0.340 e. The Labute approximate surface area is 169 Å². The molecule has 1 saturated heterocycles. The second-order valence-corrected chi connectivity index (χ2v) is 7.53. The number of benzene rings is 2. The average Bonchev–Trinajstić information content (AvgIpc) is 2.70. The van der Waals surface area contributed by atoms with Gasteiger partial charge in [-0.15, -0.1) is 0 Å². The molecule has 0 bridgehead atoms. The first-order chi connectivity index (χ1) is 13.6. The third-order valence-electron chi connectivity index (χ3n) is 5.06. The molecule has 0 aliphatic carbocycles. The van der Waals surface area contributed by atoms with Crippen LogP contribution in [0, 0.1) is 0 Å². The van der Waals surface area contributed by atoms with Crippen LogP contribution in [0.2, 0.25) is 5.02 Å². The van der Waals surface area contributed by atoms with Crippen LogP contribution in [0.5, 0.6) is 0 Å². The summed E-state index contributed by atoms with van der Waals surface area (Å²) in [6.07, 6.45) is 3.43. The van der Waals surface area contributed by atoms with Gasteiger partial charge in [0.05, 0.1) is 16.8 Å². The summed E-state index contributed by atoms with van der Waals surface area (Å²) in [4.78, 5) is 19.4. The first-order valence-electron chi connectivity index (χ1n) is 9.40. The van der Waals surface area contributed by atoms with Crippen LogP contribution in [0.25, 0.3) is 10.9 Å². The van der Waals surface area contributed by atoms with Crippen molar-refractivity contribution >= 4 is 39.8 Å². The van der Waals surface area contributed by atoms with Crippen LogP contribution < -0.4 is 5.32 Å². The molecule has 1 fully saturated rings. The Balaban J connectivity index is 1.57. The highest BCUT2D eigenvalue weighted by Gasteiger charge is 2.22. The summed E-state index contributed by atoms with van der Waals surface area (Å²) in [5.41, 5.74) is 2.90. The molecule has 0 saturated carbocycles. The fraction of sp³-hybridized carbons (Fsp3) is 0.273. The molecule has 1 N–H and O–H groups in total. The van der Waals surface area contributed by atoms with E-state index in [-0.39, 0.29) is 12.1 Å². The van der Waals surface area contributed by atoms with E-state index < -0.39 is 0 Å². The quantitative estimate of drug-likeness (QED) is 0.638. The van der Waals surface area contributed by atoms with Gasteiger partial charge in [0.25, 0.3) is 0 Å². The number of piperidine rings is 1. The number of para-hydroxylation sites is 1. The van der Waals surface area contributed by atoms with Crippen molar-refractivity contribution in [2.75, 3.05) is 25.5 Å². The summed E-state index contributed by atoms with van der Waals surface area (Å²) in [7, 11) is 2.09. The van der Waals surface area contributed by atoms with E-state index in [9.17, 15) is 4.79 Å². The summed E-state index contributed by atoms with van der Waals surface area (Å²) in [5, 5.41) is 4.94. The molecule has 2 aromatic carbocycles. The molecule has 5 nitrogen and oxygen atoms in total.